The van der Waals surface area contributed by atoms with Gasteiger partial charge in [-0.05, 0) is 37.4 Å². The Hall–Kier alpha value is -0.940. The van der Waals surface area contributed by atoms with Crippen LogP contribution < -0.4 is 5.32 Å². The van der Waals surface area contributed by atoms with E-state index in [2.05, 4.69) is 56.3 Å². The second-order valence-corrected chi connectivity index (χ2v) is 8.70. The smallest absolute Gasteiger partial charge is 0.193 e. The van der Waals surface area contributed by atoms with Crippen molar-refractivity contribution in [3.05, 3.63) is 35.4 Å². The Labute approximate surface area is 211 Å². The molecule has 0 radical (unpaired) electrons. The third-order valence-corrected chi connectivity index (χ3v) is 6.28. The van der Waals surface area contributed by atoms with Gasteiger partial charge in [-0.25, -0.2) is 0 Å². The highest BCUT2D eigenvalue weighted by Crippen LogP contribution is 2.15. The first-order chi connectivity index (χ1) is 15.2. The molecule has 0 bridgehead atoms. The molecular weight excluding hydrogens is 517 g/mol. The minimum Gasteiger partial charge on any atom is -0.385 e. The van der Waals surface area contributed by atoms with Crippen molar-refractivity contribution in [3.63, 3.8) is 0 Å². The normalized spacial score (nSPS) is 19.1. The summed E-state index contributed by atoms with van der Waals surface area (Å²) in [5.41, 5.74) is 2.69. The monoisotopic (exact) mass is 559 g/mol. The summed E-state index contributed by atoms with van der Waals surface area (Å²) in [6.45, 7) is 10.0. The summed E-state index contributed by atoms with van der Waals surface area (Å²) in [7, 11) is 5.81. The fourth-order valence-corrected chi connectivity index (χ4v) is 4.23. The molecule has 0 unspecified atom stereocenters. The summed E-state index contributed by atoms with van der Waals surface area (Å²) >= 11 is 0. The van der Waals surface area contributed by atoms with E-state index in [0.717, 1.165) is 77.7 Å². The number of likely N-dealkylation sites (tertiary alicyclic amines) is 1. The van der Waals surface area contributed by atoms with E-state index in [-0.39, 0.29) is 24.0 Å². The van der Waals surface area contributed by atoms with Gasteiger partial charge in [-0.2, -0.15) is 0 Å². The quantitative estimate of drug-likeness (QED) is 0.218. The highest BCUT2D eigenvalue weighted by Gasteiger charge is 2.21. The fraction of sp³-hybridized carbons (Fsp3) is 0.708. The van der Waals surface area contributed by atoms with Crippen molar-refractivity contribution in [2.75, 3.05) is 73.7 Å². The molecule has 1 aromatic carbocycles. The van der Waals surface area contributed by atoms with Crippen molar-refractivity contribution < 1.29 is 9.47 Å². The lowest BCUT2D eigenvalue weighted by Crippen LogP contribution is -2.46. The van der Waals surface area contributed by atoms with Crippen LogP contribution in [0.25, 0.3) is 0 Å². The van der Waals surface area contributed by atoms with E-state index < -0.39 is 0 Å². The van der Waals surface area contributed by atoms with Gasteiger partial charge < -0.3 is 24.6 Å². The van der Waals surface area contributed by atoms with Gasteiger partial charge in [0.25, 0.3) is 0 Å². The van der Waals surface area contributed by atoms with Crippen LogP contribution in [0.3, 0.4) is 0 Å². The zero-order valence-electron chi connectivity index (χ0n) is 20.1. The number of ether oxygens (including phenoxy) is 2. The van der Waals surface area contributed by atoms with Gasteiger partial charge in [0.15, 0.2) is 5.96 Å². The first-order valence-corrected chi connectivity index (χ1v) is 11.7. The molecule has 2 aliphatic rings. The van der Waals surface area contributed by atoms with Gasteiger partial charge in [0, 0.05) is 79.7 Å². The summed E-state index contributed by atoms with van der Waals surface area (Å²) < 4.78 is 11.1. The summed E-state index contributed by atoms with van der Waals surface area (Å²) in [5.74, 6) is 0.986. The molecule has 32 heavy (non-hydrogen) atoms. The van der Waals surface area contributed by atoms with Crippen molar-refractivity contribution in [1.82, 2.24) is 20.0 Å². The molecule has 0 amide bonds. The molecule has 3 rings (SSSR count). The summed E-state index contributed by atoms with van der Waals surface area (Å²) in [5, 5.41) is 3.54. The maximum atomic E-state index is 5.97. The molecule has 2 aliphatic heterocycles. The maximum Gasteiger partial charge on any atom is 0.193 e. The summed E-state index contributed by atoms with van der Waals surface area (Å²) in [6.07, 6.45) is 3.43. The number of nitrogens with zero attached hydrogens (tertiary/aromatic N) is 4. The van der Waals surface area contributed by atoms with Crippen LogP contribution in [0.1, 0.15) is 30.4 Å². The molecule has 2 saturated heterocycles. The Bertz CT molecular complexity index is 657. The molecule has 0 saturated carbocycles. The van der Waals surface area contributed by atoms with Gasteiger partial charge in [-0.15, -0.1) is 24.0 Å². The molecule has 7 nitrogen and oxygen atoms in total. The Morgan fingerprint density at radius 2 is 1.66 bits per heavy atom. The molecule has 8 heteroatoms. The lowest BCUT2D eigenvalue weighted by molar-refractivity contribution is 0.00989. The van der Waals surface area contributed by atoms with E-state index >= 15 is 0 Å². The fourth-order valence-electron chi connectivity index (χ4n) is 4.23. The zero-order chi connectivity index (χ0) is 21.9. The number of piperidine rings is 1. The molecule has 182 valence electrons. The Morgan fingerprint density at radius 1 is 1.00 bits per heavy atom. The highest BCUT2D eigenvalue weighted by molar-refractivity contribution is 14.0. The van der Waals surface area contributed by atoms with E-state index in [1.807, 2.05) is 7.05 Å². The van der Waals surface area contributed by atoms with Crippen LogP contribution in [0.5, 0.6) is 0 Å². The van der Waals surface area contributed by atoms with Gasteiger partial charge in [-0.3, -0.25) is 9.89 Å². The lowest BCUT2D eigenvalue weighted by Gasteiger charge is -2.34. The molecule has 2 fully saturated rings. The summed E-state index contributed by atoms with van der Waals surface area (Å²) in [6, 6.07) is 9.02. The number of hydrogen-bond acceptors (Lipinski definition) is 5. The standard InChI is InChI=1S/C24H41N5O2.HI/c1-25-24(29-11-9-23(10-12-29)31-18-4-17-30-3)26-19-21-5-7-22(8-6-21)20-28-15-13-27(2)14-16-28;/h5-8,23H,4,9-20H2,1-3H3,(H,25,26);1H. The minimum absolute atomic E-state index is 0. The number of hydrogen-bond donors (Lipinski definition) is 1. The van der Waals surface area contributed by atoms with Gasteiger partial charge in [0.05, 0.1) is 6.10 Å². The van der Waals surface area contributed by atoms with E-state index in [0.29, 0.717) is 6.10 Å². The molecule has 0 spiro atoms. The number of nitrogens with one attached hydrogen (secondary N) is 1. The van der Waals surface area contributed by atoms with Crippen molar-refractivity contribution in [2.24, 2.45) is 4.99 Å². The van der Waals surface area contributed by atoms with Crippen LogP contribution >= 0.6 is 24.0 Å². The Morgan fingerprint density at radius 3 is 2.28 bits per heavy atom. The average Bonchev–Trinajstić information content (AvgIpc) is 2.80. The first-order valence-electron chi connectivity index (χ1n) is 11.7. The zero-order valence-corrected chi connectivity index (χ0v) is 22.4. The molecule has 0 atom stereocenters. The lowest BCUT2D eigenvalue weighted by atomic mass is 10.1. The molecule has 0 aromatic heterocycles. The van der Waals surface area contributed by atoms with Crippen molar-refractivity contribution in [3.8, 4) is 0 Å². The predicted molar refractivity (Wildman–Crippen MR) is 142 cm³/mol. The molecular formula is C24H42IN5O2. The average molecular weight is 560 g/mol. The maximum absolute atomic E-state index is 5.97. The number of piperazine rings is 1. The van der Waals surface area contributed by atoms with Gasteiger partial charge in [0.1, 0.15) is 0 Å². The predicted octanol–water partition coefficient (Wildman–Crippen LogP) is 2.64. The van der Waals surface area contributed by atoms with E-state index in [1.165, 1.54) is 24.2 Å². The number of likely N-dealkylation sites (N-methyl/N-ethyl adjacent to an activating group) is 1. The van der Waals surface area contributed by atoms with Crippen LogP contribution in [-0.4, -0.2) is 100 Å². The first kappa shape index (κ1) is 27.3. The third-order valence-electron chi connectivity index (χ3n) is 6.28. The molecule has 0 aliphatic carbocycles. The summed E-state index contributed by atoms with van der Waals surface area (Å²) in [4.78, 5) is 11.8. The molecule has 1 aromatic rings. The van der Waals surface area contributed by atoms with Crippen molar-refractivity contribution in [2.45, 2.75) is 38.5 Å². The van der Waals surface area contributed by atoms with Gasteiger partial charge >= 0.3 is 0 Å². The van der Waals surface area contributed by atoms with Crippen LogP contribution in [0, 0.1) is 0 Å². The van der Waals surface area contributed by atoms with E-state index in [4.69, 9.17) is 9.47 Å². The van der Waals surface area contributed by atoms with Crippen LogP contribution in [0.15, 0.2) is 29.3 Å². The third kappa shape index (κ3) is 9.13. The van der Waals surface area contributed by atoms with E-state index in [9.17, 15) is 0 Å². The van der Waals surface area contributed by atoms with Crippen LogP contribution in [0.4, 0.5) is 0 Å². The molecule has 1 N–H and O–H groups in total. The number of halogens is 1. The highest BCUT2D eigenvalue weighted by atomic mass is 127. The van der Waals surface area contributed by atoms with Gasteiger partial charge in [-0.1, -0.05) is 24.3 Å². The minimum atomic E-state index is 0. The van der Waals surface area contributed by atoms with Crippen molar-refractivity contribution >= 4 is 29.9 Å². The van der Waals surface area contributed by atoms with Crippen LogP contribution in [-0.2, 0) is 22.6 Å². The second-order valence-electron chi connectivity index (χ2n) is 8.70. The second kappa shape index (κ2) is 15.1. The largest absolute Gasteiger partial charge is 0.385 e. The SMILES string of the molecule is CN=C(NCc1ccc(CN2CCN(C)CC2)cc1)N1CCC(OCCCOC)CC1.I. The van der Waals surface area contributed by atoms with Crippen LogP contribution in [0.2, 0.25) is 0 Å². The topological polar surface area (TPSA) is 52.6 Å². The number of aliphatic imine (C=N–C) groups is 1. The number of methoxy groups -OCH3 is 1. The van der Waals surface area contributed by atoms with Gasteiger partial charge in [0.2, 0.25) is 0 Å². The van der Waals surface area contributed by atoms with E-state index in [1.54, 1.807) is 7.11 Å². The Kier molecular flexibility index (Phi) is 12.8. The number of guanidine groups is 1. The molecule has 2 heterocycles. The Balaban J connectivity index is 0.00000363. The number of rotatable bonds is 9. The number of benzene rings is 1. The van der Waals surface area contributed by atoms with Crippen molar-refractivity contribution in [1.29, 1.82) is 0 Å².